The van der Waals surface area contributed by atoms with Crippen molar-refractivity contribution in [3.05, 3.63) is 12.7 Å². The Morgan fingerprint density at radius 2 is 1.96 bits per heavy atom. The molecule has 3 aliphatic rings. The summed E-state index contributed by atoms with van der Waals surface area (Å²) in [6.45, 7) is 3.67. The lowest BCUT2D eigenvalue weighted by Gasteiger charge is -2.25. The van der Waals surface area contributed by atoms with Gasteiger partial charge in [-0.25, -0.2) is 15.0 Å². The minimum Gasteiger partial charge on any atom is -0.382 e. The van der Waals surface area contributed by atoms with E-state index in [2.05, 4.69) is 20.3 Å². The van der Waals surface area contributed by atoms with Crippen LogP contribution in [0.4, 0.5) is 5.82 Å². The minimum atomic E-state index is -0.812. The Balaban J connectivity index is 1.46. The van der Waals surface area contributed by atoms with E-state index in [0.717, 1.165) is 25.7 Å². The van der Waals surface area contributed by atoms with Crippen LogP contribution in [0.25, 0.3) is 11.2 Å². The lowest BCUT2D eigenvalue weighted by Crippen LogP contribution is -2.46. The van der Waals surface area contributed by atoms with Gasteiger partial charge in [0.2, 0.25) is 0 Å². The van der Waals surface area contributed by atoms with Crippen LogP contribution in [0.15, 0.2) is 12.7 Å². The summed E-state index contributed by atoms with van der Waals surface area (Å²) in [7, 11) is 0. The normalized spacial score (nSPS) is 32.1. The first-order chi connectivity index (χ1) is 13.4. The van der Waals surface area contributed by atoms with E-state index in [1.807, 2.05) is 13.8 Å². The van der Waals surface area contributed by atoms with Gasteiger partial charge in [-0.05, 0) is 26.7 Å². The summed E-state index contributed by atoms with van der Waals surface area (Å²) in [6, 6.07) is 0.200. The summed E-state index contributed by atoms with van der Waals surface area (Å²) in [4.78, 5) is 25.5. The van der Waals surface area contributed by atoms with Gasteiger partial charge in [-0.3, -0.25) is 9.36 Å². The smallest absolute Gasteiger partial charge is 0.252 e. The largest absolute Gasteiger partial charge is 0.382 e. The van der Waals surface area contributed by atoms with Crippen molar-refractivity contribution < 1.29 is 19.0 Å². The second kappa shape index (κ2) is 6.36. The van der Waals surface area contributed by atoms with Crippen LogP contribution in [0.1, 0.15) is 45.8 Å². The van der Waals surface area contributed by atoms with E-state index >= 15 is 0 Å². The Labute approximate surface area is 161 Å². The molecule has 2 saturated heterocycles. The van der Waals surface area contributed by atoms with Crippen molar-refractivity contribution in [2.45, 2.75) is 75.9 Å². The average Bonchev–Trinajstić information content (AvgIpc) is 3.38. The molecule has 28 heavy (non-hydrogen) atoms. The Kier molecular flexibility index (Phi) is 4.04. The van der Waals surface area contributed by atoms with E-state index in [-0.39, 0.29) is 17.8 Å². The quantitative estimate of drug-likeness (QED) is 0.794. The van der Waals surface area contributed by atoms with E-state index in [1.165, 1.54) is 6.33 Å². The van der Waals surface area contributed by atoms with Crippen LogP contribution in [-0.2, 0) is 19.0 Å². The predicted octanol–water partition coefficient (Wildman–Crippen LogP) is 0.885. The Bertz CT molecular complexity index is 909. The molecule has 4 atom stereocenters. The summed E-state index contributed by atoms with van der Waals surface area (Å²) in [5.74, 6) is -0.685. The van der Waals surface area contributed by atoms with Crippen molar-refractivity contribution in [1.82, 2.24) is 24.8 Å². The molecule has 150 valence electrons. The number of amides is 1. The molecule has 2 aromatic heterocycles. The standard InChI is InChI=1S/C18H24N6O4/c1-18(2)27-11-12(16(25)23-9-5-3-4-6-9)26-17(13(11)28-18)24-8-22-10-14(19)20-7-21-15(10)24/h7-9,11-13,17H,3-6H2,1-2H3,(H,23,25)(H2,19,20,21)/t11-,12+,13-,17-/m1/s1. The number of hydrogen-bond donors (Lipinski definition) is 2. The molecule has 3 N–H and O–H groups in total. The van der Waals surface area contributed by atoms with Crippen molar-refractivity contribution in [2.75, 3.05) is 5.73 Å². The van der Waals surface area contributed by atoms with Crippen LogP contribution in [-0.4, -0.2) is 55.6 Å². The van der Waals surface area contributed by atoms with Crippen LogP contribution < -0.4 is 11.1 Å². The fraction of sp³-hybridized carbons (Fsp3) is 0.667. The monoisotopic (exact) mass is 388 g/mol. The molecule has 1 amide bonds. The van der Waals surface area contributed by atoms with Gasteiger partial charge >= 0.3 is 0 Å². The number of fused-ring (bicyclic) bond motifs is 2. The van der Waals surface area contributed by atoms with E-state index < -0.39 is 30.3 Å². The number of ether oxygens (including phenoxy) is 3. The molecule has 1 aliphatic carbocycles. The first-order valence-corrected chi connectivity index (χ1v) is 9.67. The molecule has 0 aromatic carbocycles. The zero-order chi connectivity index (χ0) is 19.5. The molecule has 10 nitrogen and oxygen atoms in total. The van der Waals surface area contributed by atoms with Gasteiger partial charge in [-0.1, -0.05) is 12.8 Å². The maximum absolute atomic E-state index is 12.9. The van der Waals surface area contributed by atoms with Gasteiger partial charge in [0.1, 0.15) is 24.1 Å². The molecule has 10 heteroatoms. The number of carbonyl (C=O) groups excluding carboxylic acids is 1. The molecular weight excluding hydrogens is 364 g/mol. The highest BCUT2D eigenvalue weighted by molar-refractivity contribution is 5.83. The van der Waals surface area contributed by atoms with Gasteiger partial charge in [-0.2, -0.15) is 0 Å². The second-order valence-corrected chi connectivity index (χ2v) is 8.08. The maximum atomic E-state index is 12.9. The number of rotatable bonds is 3. The molecule has 5 rings (SSSR count). The Hall–Kier alpha value is -2.30. The molecule has 1 saturated carbocycles. The lowest BCUT2D eigenvalue weighted by molar-refractivity contribution is -0.197. The predicted molar refractivity (Wildman–Crippen MR) is 97.9 cm³/mol. The zero-order valence-corrected chi connectivity index (χ0v) is 15.9. The molecule has 0 spiro atoms. The third kappa shape index (κ3) is 2.83. The van der Waals surface area contributed by atoms with Gasteiger partial charge < -0.3 is 25.3 Å². The topological polar surface area (TPSA) is 126 Å². The molecule has 0 radical (unpaired) electrons. The van der Waals surface area contributed by atoms with E-state index in [4.69, 9.17) is 19.9 Å². The number of nitrogens with two attached hydrogens (primary N) is 1. The summed E-state index contributed by atoms with van der Waals surface area (Å²) in [6.07, 6.45) is 4.88. The maximum Gasteiger partial charge on any atom is 0.252 e. The molecule has 4 heterocycles. The minimum absolute atomic E-state index is 0.163. The SMILES string of the molecule is CC1(C)O[C@@H]2[C@H](O1)[C@@H](C(=O)NC1CCCC1)O[C@H]2n1cnc2c(N)ncnc21. The van der Waals surface area contributed by atoms with E-state index in [1.54, 1.807) is 10.9 Å². The number of nitrogen functional groups attached to an aromatic ring is 1. The molecular formula is C18H24N6O4. The number of hydrogen-bond acceptors (Lipinski definition) is 8. The van der Waals surface area contributed by atoms with E-state index in [9.17, 15) is 4.79 Å². The lowest BCUT2D eigenvalue weighted by atomic mass is 10.1. The zero-order valence-electron chi connectivity index (χ0n) is 15.9. The Morgan fingerprint density at radius 3 is 2.75 bits per heavy atom. The highest BCUT2D eigenvalue weighted by Crippen LogP contribution is 2.44. The van der Waals surface area contributed by atoms with Gasteiger partial charge in [0.25, 0.3) is 5.91 Å². The van der Waals surface area contributed by atoms with Crippen molar-refractivity contribution in [2.24, 2.45) is 0 Å². The first-order valence-electron chi connectivity index (χ1n) is 9.67. The molecule has 2 aliphatic heterocycles. The van der Waals surface area contributed by atoms with Gasteiger partial charge in [0.15, 0.2) is 29.6 Å². The highest BCUT2D eigenvalue weighted by atomic mass is 16.8. The van der Waals surface area contributed by atoms with Crippen molar-refractivity contribution in [1.29, 1.82) is 0 Å². The highest BCUT2D eigenvalue weighted by Gasteiger charge is 2.58. The molecule has 3 fully saturated rings. The fourth-order valence-electron chi connectivity index (χ4n) is 4.42. The summed E-state index contributed by atoms with van der Waals surface area (Å²) in [5, 5.41) is 3.10. The number of nitrogens with one attached hydrogen (secondary N) is 1. The van der Waals surface area contributed by atoms with E-state index in [0.29, 0.717) is 11.2 Å². The van der Waals surface area contributed by atoms with Crippen LogP contribution >= 0.6 is 0 Å². The third-order valence-corrected chi connectivity index (χ3v) is 5.65. The fourth-order valence-corrected chi connectivity index (χ4v) is 4.42. The van der Waals surface area contributed by atoms with Crippen LogP contribution in [0.3, 0.4) is 0 Å². The number of aromatic nitrogens is 4. The average molecular weight is 388 g/mol. The van der Waals surface area contributed by atoms with Crippen LogP contribution in [0.2, 0.25) is 0 Å². The van der Waals surface area contributed by atoms with Crippen LogP contribution in [0.5, 0.6) is 0 Å². The van der Waals surface area contributed by atoms with Gasteiger partial charge in [0, 0.05) is 6.04 Å². The molecule has 0 unspecified atom stereocenters. The summed E-state index contributed by atoms with van der Waals surface area (Å²) in [5.41, 5.74) is 6.91. The number of nitrogens with zero attached hydrogens (tertiary/aromatic N) is 4. The first kappa shape index (κ1) is 17.8. The van der Waals surface area contributed by atoms with Crippen LogP contribution in [0, 0.1) is 0 Å². The Morgan fingerprint density at radius 1 is 1.21 bits per heavy atom. The van der Waals surface area contributed by atoms with Crippen molar-refractivity contribution in [3.8, 4) is 0 Å². The molecule has 0 bridgehead atoms. The summed E-state index contributed by atoms with van der Waals surface area (Å²) < 4.78 is 20.0. The number of carbonyl (C=O) groups is 1. The third-order valence-electron chi connectivity index (χ3n) is 5.65. The van der Waals surface area contributed by atoms with Gasteiger partial charge in [0.05, 0.1) is 6.33 Å². The summed E-state index contributed by atoms with van der Waals surface area (Å²) >= 11 is 0. The number of imidazole rings is 1. The van der Waals surface area contributed by atoms with Crippen molar-refractivity contribution >= 4 is 22.9 Å². The van der Waals surface area contributed by atoms with Gasteiger partial charge in [-0.15, -0.1) is 0 Å². The second-order valence-electron chi connectivity index (χ2n) is 8.08. The molecule has 2 aromatic rings. The van der Waals surface area contributed by atoms with Crippen molar-refractivity contribution in [3.63, 3.8) is 0 Å². The number of anilines is 1.